The number of likely N-dealkylation sites (tertiary alicyclic amines) is 5. The van der Waals surface area contributed by atoms with Crippen molar-refractivity contribution in [3.05, 3.63) is 30.3 Å². The fourth-order valence-electron chi connectivity index (χ4n) is 13.3. The second-order valence-electron chi connectivity index (χ2n) is 34.5. The topological polar surface area (TPSA) is 377 Å². The van der Waals surface area contributed by atoms with Gasteiger partial charge in [-0.15, -0.1) is 0 Å². The SMILES string of the molecule is CC1C(=O)N(C)C(=O)C1C.CC1C(=O)N(C2CCCCC2)C(=O)C1C.CC1C(=O)N(CCCC(=O)N(C)C)C(=O)C1C.CC1C(=O)N(c2ccccc2)C(=O)C1C.CCC(C)C(=O)N(C)C.CCC(C)C(=O)N(C)C(C)=O.CCC(C)C(=O)N(C)S(C)(=O)=O.CCC(C)C(=O)N(CC)CC.CCC(C)C(=O)N1CCCC1=O.CCCCN1C(=O)C(C)C(C)C1=O. The zero-order chi connectivity index (χ0) is 97.4. The molecule has 6 aliphatic heterocycles. The molecule has 15 unspecified atom stereocenters. The van der Waals surface area contributed by atoms with Crippen LogP contribution in [0.1, 0.15) is 269 Å². The minimum absolute atomic E-state index is 0.000000000000000666. The maximum Gasteiger partial charge on any atom is 0.238 e. The molecule has 31 nitrogen and oxygen atoms in total. The number of rotatable bonds is 22. The number of para-hydroxylation sites is 1. The van der Waals surface area contributed by atoms with Crippen LogP contribution in [0.3, 0.4) is 0 Å². The standard InChI is InChI=1S/C12H20N2O3.C12H19NO2.C12H13NO2.C10H17NO2.C9H15NO2.C9H19NO.C8H15NO2.C7H15NO3S.C7H11NO2.C7H15NO/c1-8-9(2)12(17)14(11(8)16)7-5-6-10(15)13(3)4;2*1-8-9(2)12(15)13(11(8)14)10-6-4-3-5-7-10;1-4-5-6-11-9(12)7(2)8(3)10(11)13;1-3-7(2)9(12)10-6-4-5-8(10)11;1-5-8(4)9(11)10(6-2)7-3;1-5-6(2)8(11)9(4)7(3)10;1-5-6(2)7(9)8(3)12(4,10)11;1-4-5(2)7(10)8(3)6(4)9;1-5-6(2)7(9)8(3)4/h8-9H,5-7H2,1-4H3;8-10H,3-7H2,1-2H3;3-9H,1-2H3;7-8H,4-6H2,1-3H3;7H,3-6H2,1-2H3;8H,5-7H2,1-4H3;6H,5H2,1-4H3;6H,5H2,1-4H3;4-5H,1-3H3;6H,5H2,1-4H3. The van der Waals surface area contributed by atoms with Crippen molar-refractivity contribution >= 4 is 122 Å². The molecule has 1 aromatic carbocycles. The molecule has 0 N–H and O–H groups in total. The molecular formula is C93H159N11O20S. The van der Waals surface area contributed by atoms with E-state index in [9.17, 15) is 94.7 Å². The van der Waals surface area contributed by atoms with Gasteiger partial charge in [0, 0.05) is 197 Å². The van der Waals surface area contributed by atoms with Crippen LogP contribution in [0.5, 0.6) is 0 Å². The Morgan fingerprint density at radius 2 is 0.784 bits per heavy atom. The molecule has 0 spiro atoms. The number of carbonyl (C=O) groups is 18. The van der Waals surface area contributed by atoms with Gasteiger partial charge in [0.2, 0.25) is 116 Å². The van der Waals surface area contributed by atoms with E-state index in [4.69, 9.17) is 0 Å². The van der Waals surface area contributed by atoms with Gasteiger partial charge in [0.05, 0.1) is 11.9 Å². The summed E-state index contributed by atoms with van der Waals surface area (Å²) in [6.45, 7) is 48.0. The first-order chi connectivity index (χ1) is 58.0. The molecule has 6 heterocycles. The molecule has 0 bridgehead atoms. The Morgan fingerprint density at radius 3 is 1.10 bits per heavy atom. The van der Waals surface area contributed by atoms with E-state index in [1.165, 1.54) is 63.9 Å². The van der Waals surface area contributed by atoms with E-state index in [-0.39, 0.29) is 201 Å². The number of hydrogen-bond acceptors (Lipinski definition) is 20. The van der Waals surface area contributed by atoms with Crippen molar-refractivity contribution in [2.24, 2.45) is 88.8 Å². The predicted molar refractivity (Wildman–Crippen MR) is 484 cm³/mol. The predicted octanol–water partition coefficient (Wildman–Crippen LogP) is 11.7. The van der Waals surface area contributed by atoms with Crippen molar-refractivity contribution in [2.75, 3.05) is 93.2 Å². The summed E-state index contributed by atoms with van der Waals surface area (Å²) in [5.41, 5.74) is 0.670. The zero-order valence-corrected chi connectivity index (χ0v) is 82.8. The van der Waals surface area contributed by atoms with Gasteiger partial charge < -0.3 is 14.7 Å². The van der Waals surface area contributed by atoms with Gasteiger partial charge in [0.15, 0.2) is 0 Å². The molecule has 1 saturated carbocycles. The number of sulfonamides is 1. The number of benzene rings is 1. The van der Waals surface area contributed by atoms with Crippen molar-refractivity contribution in [3.8, 4) is 0 Å². The largest absolute Gasteiger partial charge is 0.349 e. The van der Waals surface area contributed by atoms with Crippen LogP contribution < -0.4 is 4.90 Å². The first kappa shape index (κ1) is 118. The van der Waals surface area contributed by atoms with E-state index >= 15 is 0 Å². The highest BCUT2D eigenvalue weighted by Gasteiger charge is 2.47. The summed E-state index contributed by atoms with van der Waals surface area (Å²) in [5, 5.41) is 0. The molecule has 125 heavy (non-hydrogen) atoms. The lowest BCUT2D eigenvalue weighted by atomic mass is 9.94. The van der Waals surface area contributed by atoms with Crippen LogP contribution in [0.2, 0.25) is 0 Å². The summed E-state index contributed by atoms with van der Waals surface area (Å²) in [6, 6.07) is 9.27. The average Bonchev–Trinajstić information content (AvgIpc) is 1.68. The lowest BCUT2D eigenvalue weighted by Gasteiger charge is -2.29. The van der Waals surface area contributed by atoms with Gasteiger partial charge in [-0.1, -0.05) is 189 Å². The van der Waals surface area contributed by atoms with Crippen LogP contribution in [0.15, 0.2) is 30.3 Å². The molecule has 0 aromatic heterocycles. The Hall–Kier alpha value is -8.97. The Bertz CT molecular complexity index is 3760. The lowest BCUT2D eigenvalue weighted by Crippen LogP contribution is -2.41. The van der Waals surface area contributed by atoms with Gasteiger partial charge in [-0.2, -0.15) is 0 Å². The average molecular weight is 1780 g/mol. The van der Waals surface area contributed by atoms with Gasteiger partial charge in [-0.3, -0.25) is 121 Å². The molecular weight excluding hydrogens is 1620 g/mol. The molecule has 1 aromatic rings. The monoisotopic (exact) mass is 1780 g/mol. The summed E-state index contributed by atoms with van der Waals surface area (Å²) in [6.07, 6.45) is 14.9. The summed E-state index contributed by atoms with van der Waals surface area (Å²) >= 11 is 0. The molecule has 32 heteroatoms. The van der Waals surface area contributed by atoms with Crippen LogP contribution in [0.25, 0.3) is 0 Å². The highest BCUT2D eigenvalue weighted by molar-refractivity contribution is 7.88. The fourth-order valence-corrected chi connectivity index (χ4v) is 13.8. The first-order valence-corrected chi connectivity index (χ1v) is 47.0. The summed E-state index contributed by atoms with van der Waals surface area (Å²) < 4.78 is 22.6. The zero-order valence-electron chi connectivity index (χ0n) is 82.0. The van der Waals surface area contributed by atoms with Gasteiger partial charge >= 0.3 is 0 Å². The maximum absolute atomic E-state index is 11.9. The number of anilines is 1. The third-order valence-electron chi connectivity index (χ3n) is 24.9. The summed E-state index contributed by atoms with van der Waals surface area (Å²) in [4.78, 5) is 220. The van der Waals surface area contributed by atoms with E-state index < -0.39 is 10.0 Å². The number of imide groups is 7. The van der Waals surface area contributed by atoms with Gasteiger partial charge in [-0.25, -0.2) is 12.7 Å². The molecule has 0 radical (unpaired) electrons. The van der Waals surface area contributed by atoms with E-state index in [1.54, 1.807) is 98.6 Å². The van der Waals surface area contributed by atoms with Crippen LogP contribution in [-0.2, 0) is 96.3 Å². The Morgan fingerprint density at radius 1 is 0.432 bits per heavy atom. The number of unbranched alkanes of at least 4 members (excludes halogenated alkanes) is 1. The van der Waals surface area contributed by atoms with Gasteiger partial charge in [0.25, 0.3) is 0 Å². The molecule has 712 valence electrons. The maximum atomic E-state index is 11.9. The van der Waals surface area contributed by atoms with Crippen LogP contribution >= 0.6 is 0 Å². The molecule has 6 saturated heterocycles. The second kappa shape index (κ2) is 57.7. The molecule has 8 rings (SSSR count). The normalized spacial score (nSPS) is 22.6. The fraction of sp³-hybridized carbons (Fsp3) is 0.742. The van der Waals surface area contributed by atoms with Crippen molar-refractivity contribution in [1.29, 1.82) is 0 Å². The molecule has 1 aliphatic carbocycles. The molecule has 18 amide bonds. The lowest BCUT2D eigenvalue weighted by molar-refractivity contribution is -0.145. The third-order valence-corrected chi connectivity index (χ3v) is 26.1. The summed E-state index contributed by atoms with van der Waals surface area (Å²) in [7, 11) is 7.91. The number of nitrogens with zero attached hydrogens (tertiary/aromatic N) is 11. The second-order valence-corrected chi connectivity index (χ2v) is 36.5. The van der Waals surface area contributed by atoms with E-state index in [1.807, 2.05) is 127 Å². The van der Waals surface area contributed by atoms with Crippen molar-refractivity contribution in [3.63, 3.8) is 0 Å². The Balaban J connectivity index is 0. The third kappa shape index (κ3) is 35.7. The quantitative estimate of drug-likeness (QED) is 0.0973. The smallest absolute Gasteiger partial charge is 0.238 e. The van der Waals surface area contributed by atoms with Crippen LogP contribution in [-0.4, -0.2) is 258 Å². The number of hydrogen-bond donors (Lipinski definition) is 0. The van der Waals surface area contributed by atoms with Gasteiger partial charge in [0.1, 0.15) is 0 Å². The first-order valence-electron chi connectivity index (χ1n) is 45.1. The number of carbonyl (C=O) groups excluding carboxylic acids is 18. The number of amides is 18. The van der Waals surface area contributed by atoms with Crippen molar-refractivity contribution in [1.82, 2.24) is 48.4 Å². The van der Waals surface area contributed by atoms with Crippen molar-refractivity contribution in [2.45, 2.75) is 275 Å². The Kier molecular flexibility index (Phi) is 54.5. The van der Waals surface area contributed by atoms with Crippen LogP contribution in [0.4, 0.5) is 5.69 Å². The minimum Gasteiger partial charge on any atom is -0.349 e. The van der Waals surface area contributed by atoms with E-state index in [0.29, 0.717) is 51.0 Å². The Labute approximate surface area is 748 Å². The minimum atomic E-state index is -3.37. The highest BCUT2D eigenvalue weighted by atomic mass is 32.2. The van der Waals surface area contributed by atoms with E-state index in [2.05, 4.69) is 6.92 Å². The van der Waals surface area contributed by atoms with Gasteiger partial charge in [-0.05, 0) is 90.2 Å². The highest BCUT2D eigenvalue weighted by Crippen LogP contribution is 2.34. The van der Waals surface area contributed by atoms with E-state index in [0.717, 1.165) is 99.2 Å². The molecule has 7 aliphatic rings. The van der Waals surface area contributed by atoms with Crippen LogP contribution in [0, 0.1) is 88.8 Å². The van der Waals surface area contributed by atoms with Crippen molar-refractivity contribution < 1.29 is 94.7 Å². The molecule has 15 atom stereocenters. The summed E-state index contributed by atoms with van der Waals surface area (Å²) in [5.74, 6) is -2.05. The molecule has 7 fully saturated rings.